The third-order valence-corrected chi connectivity index (χ3v) is 5.57. The van der Waals surface area contributed by atoms with Crippen LogP contribution >= 0.6 is 23.2 Å². The molecule has 1 fully saturated rings. The Morgan fingerprint density at radius 3 is 2.79 bits per heavy atom. The van der Waals surface area contributed by atoms with Gasteiger partial charge in [-0.15, -0.1) is 0 Å². The lowest BCUT2D eigenvalue weighted by atomic mass is 10.1. The maximum atomic E-state index is 13.8. The van der Waals surface area contributed by atoms with Crippen LogP contribution in [0.4, 0.5) is 10.2 Å². The van der Waals surface area contributed by atoms with Gasteiger partial charge in [0.15, 0.2) is 11.6 Å². The number of benzene rings is 1. The second kappa shape index (κ2) is 7.58. The van der Waals surface area contributed by atoms with Crippen molar-refractivity contribution in [2.75, 3.05) is 18.8 Å². The monoisotopic (exact) mass is 422 g/mol. The second-order valence-corrected chi connectivity index (χ2v) is 7.53. The Morgan fingerprint density at radius 1 is 1.29 bits per heavy atom. The van der Waals surface area contributed by atoms with Gasteiger partial charge < -0.3 is 15.8 Å². The van der Waals surface area contributed by atoms with E-state index in [0.717, 1.165) is 24.2 Å². The fourth-order valence-corrected chi connectivity index (χ4v) is 3.77. The van der Waals surface area contributed by atoms with Crippen LogP contribution in [0.1, 0.15) is 24.6 Å². The molecule has 0 aliphatic carbocycles. The Bertz CT molecular complexity index is 1020. The minimum Gasteiger partial charge on any atom is -0.482 e. The van der Waals surface area contributed by atoms with Gasteiger partial charge in [0.05, 0.1) is 11.2 Å². The summed E-state index contributed by atoms with van der Waals surface area (Å²) >= 11 is 12.3. The molecule has 9 heteroatoms. The van der Waals surface area contributed by atoms with E-state index in [1.165, 1.54) is 12.1 Å². The largest absolute Gasteiger partial charge is 0.482 e. The average Bonchev–Trinajstić information content (AvgIpc) is 3.08. The number of aromatic nitrogens is 3. The molecule has 0 spiro atoms. The summed E-state index contributed by atoms with van der Waals surface area (Å²) in [4.78, 5) is 4.22. The molecule has 1 unspecified atom stereocenters. The van der Waals surface area contributed by atoms with Crippen LogP contribution in [0.5, 0.6) is 5.75 Å². The Balaban J connectivity index is 1.61. The van der Waals surface area contributed by atoms with E-state index in [2.05, 4.69) is 15.4 Å². The zero-order valence-electron chi connectivity index (χ0n) is 15.1. The van der Waals surface area contributed by atoms with Gasteiger partial charge in [-0.2, -0.15) is 5.10 Å². The van der Waals surface area contributed by atoms with Crippen LogP contribution in [-0.2, 0) is 0 Å². The molecule has 0 radical (unpaired) electrons. The molecule has 28 heavy (non-hydrogen) atoms. The van der Waals surface area contributed by atoms with Crippen LogP contribution in [0.25, 0.3) is 11.1 Å². The van der Waals surface area contributed by atoms with Crippen molar-refractivity contribution >= 4 is 29.0 Å². The minimum atomic E-state index is -0.622. The summed E-state index contributed by atoms with van der Waals surface area (Å²) in [6.07, 6.45) is 4.82. The highest BCUT2D eigenvalue weighted by Gasteiger charge is 2.24. The van der Waals surface area contributed by atoms with Crippen molar-refractivity contribution < 1.29 is 14.4 Å². The van der Waals surface area contributed by atoms with Crippen molar-refractivity contribution in [2.24, 2.45) is 0 Å². The van der Waals surface area contributed by atoms with Crippen LogP contribution in [0.2, 0.25) is 10.0 Å². The summed E-state index contributed by atoms with van der Waals surface area (Å²) in [5.74, 6) is 0.0309. The number of hydrogen-bond donors (Lipinski definition) is 2. The molecule has 1 aromatic carbocycles. The Morgan fingerprint density at radius 2 is 2.07 bits per heavy atom. The molecule has 4 rings (SSSR count). The van der Waals surface area contributed by atoms with Crippen molar-refractivity contribution in [3.05, 3.63) is 58.2 Å². The standard InChI is InChI=1S/C19H18Cl2FN5O/c1-10(17-14(20)2-3-15(22)18(17)21)28-16-4-11(5-25-19(16)23)12-6-26-27(9-12)13-7-24-8-13/h2-6,9-10,13,24H,7-8H2,1H3,(H2,23,25)/p+1. The molecule has 1 atom stereocenters. The molecule has 146 valence electrons. The molecule has 1 saturated heterocycles. The minimum absolute atomic E-state index is 0.0683. The first-order valence-corrected chi connectivity index (χ1v) is 9.61. The molecule has 3 heterocycles. The lowest BCUT2D eigenvalue weighted by molar-refractivity contribution is -0.718. The molecule has 0 amide bonds. The number of ether oxygens (including phenoxy) is 1. The first-order chi connectivity index (χ1) is 13.4. The fourth-order valence-electron chi connectivity index (χ4n) is 3.09. The van der Waals surface area contributed by atoms with E-state index in [0.29, 0.717) is 22.4 Å². The zero-order valence-corrected chi connectivity index (χ0v) is 16.6. The number of nitrogens with zero attached hydrogens (tertiary/aromatic N) is 3. The number of pyridine rings is 1. The summed E-state index contributed by atoms with van der Waals surface area (Å²) in [6, 6.07) is 4.87. The molecule has 6 nitrogen and oxygen atoms in total. The highest BCUT2D eigenvalue weighted by Crippen LogP contribution is 2.36. The van der Waals surface area contributed by atoms with Gasteiger partial charge in [0.2, 0.25) is 0 Å². The van der Waals surface area contributed by atoms with E-state index < -0.39 is 11.9 Å². The third-order valence-electron chi connectivity index (χ3n) is 4.86. The molecule has 1 aliphatic heterocycles. The predicted molar refractivity (Wildman–Crippen MR) is 106 cm³/mol. The van der Waals surface area contributed by atoms with Crippen LogP contribution in [0.15, 0.2) is 36.8 Å². The summed E-state index contributed by atoms with van der Waals surface area (Å²) < 4.78 is 21.7. The van der Waals surface area contributed by atoms with Crippen molar-refractivity contribution in [1.82, 2.24) is 14.8 Å². The Labute approximate surface area is 171 Å². The number of nitrogens with two attached hydrogens (primary N) is 2. The van der Waals surface area contributed by atoms with Crippen molar-refractivity contribution in [3.63, 3.8) is 0 Å². The number of anilines is 1. The van der Waals surface area contributed by atoms with Gasteiger partial charge in [-0.25, -0.2) is 9.37 Å². The van der Waals surface area contributed by atoms with E-state index in [1.807, 2.05) is 10.9 Å². The summed E-state index contributed by atoms with van der Waals surface area (Å²) in [6.45, 7) is 3.79. The zero-order chi connectivity index (χ0) is 19.8. The molecule has 3 aromatic rings. The van der Waals surface area contributed by atoms with Gasteiger partial charge in [0.25, 0.3) is 0 Å². The number of quaternary nitrogens is 1. The van der Waals surface area contributed by atoms with Crippen LogP contribution in [0, 0.1) is 5.82 Å². The number of hydrogen-bond acceptors (Lipinski definition) is 4. The van der Waals surface area contributed by atoms with Gasteiger partial charge in [-0.1, -0.05) is 23.2 Å². The first-order valence-electron chi connectivity index (χ1n) is 8.85. The van der Waals surface area contributed by atoms with Gasteiger partial charge >= 0.3 is 0 Å². The lowest BCUT2D eigenvalue weighted by Crippen LogP contribution is -2.96. The molecule has 0 saturated carbocycles. The molecule has 4 N–H and O–H groups in total. The lowest BCUT2D eigenvalue weighted by Gasteiger charge is -2.22. The highest BCUT2D eigenvalue weighted by atomic mass is 35.5. The van der Waals surface area contributed by atoms with E-state index in [9.17, 15) is 4.39 Å². The SMILES string of the molecule is CC(Oc1cc(-c2cnn(C3C[NH2+]C3)c2)cnc1N)c1c(Cl)ccc(F)c1Cl. The number of rotatable bonds is 5. The van der Waals surface area contributed by atoms with Crippen LogP contribution in [-0.4, -0.2) is 27.9 Å². The van der Waals surface area contributed by atoms with E-state index in [4.69, 9.17) is 33.7 Å². The van der Waals surface area contributed by atoms with Gasteiger partial charge in [-0.05, 0) is 25.1 Å². The highest BCUT2D eigenvalue weighted by molar-refractivity contribution is 6.36. The second-order valence-electron chi connectivity index (χ2n) is 6.75. The van der Waals surface area contributed by atoms with Gasteiger partial charge in [0, 0.05) is 34.1 Å². The third kappa shape index (κ3) is 3.53. The molecular weight excluding hydrogens is 404 g/mol. The summed E-state index contributed by atoms with van der Waals surface area (Å²) in [5, 5.41) is 6.91. The quantitative estimate of drug-likeness (QED) is 0.618. The Kier molecular flexibility index (Phi) is 5.14. The van der Waals surface area contributed by atoms with Crippen LogP contribution < -0.4 is 15.8 Å². The predicted octanol–water partition coefficient (Wildman–Crippen LogP) is 3.23. The first kappa shape index (κ1) is 19.0. The molecular formula is C19H19Cl2FN5O+. The normalized spacial score (nSPS) is 15.3. The summed E-state index contributed by atoms with van der Waals surface area (Å²) in [7, 11) is 0. The topological polar surface area (TPSA) is 82.6 Å². The Hall–Kier alpha value is -2.35. The van der Waals surface area contributed by atoms with Crippen molar-refractivity contribution in [1.29, 1.82) is 0 Å². The average molecular weight is 423 g/mol. The maximum Gasteiger partial charge on any atom is 0.166 e. The van der Waals surface area contributed by atoms with Gasteiger partial charge in [-0.3, -0.25) is 4.68 Å². The van der Waals surface area contributed by atoms with Crippen LogP contribution in [0.3, 0.4) is 0 Å². The smallest absolute Gasteiger partial charge is 0.166 e. The molecule has 1 aliphatic rings. The number of halogens is 3. The van der Waals surface area contributed by atoms with E-state index in [1.54, 1.807) is 25.4 Å². The molecule has 0 bridgehead atoms. The number of nitrogen functional groups attached to an aromatic ring is 1. The van der Waals surface area contributed by atoms with Crippen molar-refractivity contribution in [2.45, 2.75) is 19.1 Å². The maximum absolute atomic E-state index is 13.8. The molecule has 2 aromatic heterocycles. The van der Waals surface area contributed by atoms with E-state index >= 15 is 0 Å². The van der Waals surface area contributed by atoms with Crippen molar-refractivity contribution in [3.8, 4) is 16.9 Å². The van der Waals surface area contributed by atoms with Gasteiger partial charge in [0.1, 0.15) is 31.1 Å². The summed E-state index contributed by atoms with van der Waals surface area (Å²) in [5.41, 5.74) is 8.08. The fraction of sp³-hybridized carbons (Fsp3) is 0.263. The van der Waals surface area contributed by atoms with E-state index in [-0.39, 0.29) is 10.8 Å².